The minimum atomic E-state index is -3.85. The molecule has 3 aromatic carbocycles. The molecule has 5 rings (SSSR count). The lowest BCUT2D eigenvalue weighted by molar-refractivity contribution is 0.256. The molecule has 0 atom stereocenters. The number of nitrogens with one attached hydrogen (secondary N) is 2. The molecule has 11 heteroatoms. The van der Waals surface area contributed by atoms with E-state index in [0.717, 1.165) is 28.2 Å². The number of urea groups is 1. The fourth-order valence-electron chi connectivity index (χ4n) is 3.65. The number of halogens is 1. The average molecular weight is 581 g/mol. The van der Waals surface area contributed by atoms with Crippen molar-refractivity contribution in [3.05, 3.63) is 123 Å². The van der Waals surface area contributed by atoms with E-state index >= 15 is 0 Å². The first-order chi connectivity index (χ1) is 18.6. The van der Waals surface area contributed by atoms with E-state index in [1.807, 2.05) is 41.1 Å². The van der Waals surface area contributed by atoms with Gasteiger partial charge in [0.15, 0.2) is 0 Å². The van der Waals surface area contributed by atoms with Crippen molar-refractivity contribution in [2.24, 2.45) is 7.05 Å². The minimum absolute atomic E-state index is 0.00346. The third-order valence-corrected chi connectivity index (χ3v) is 8.58. The molecule has 39 heavy (non-hydrogen) atoms. The van der Waals surface area contributed by atoms with Crippen molar-refractivity contribution < 1.29 is 13.2 Å². The molecular weight excluding hydrogens is 556 g/mol. The summed E-state index contributed by atoms with van der Waals surface area (Å²) in [5, 5.41) is 3.52. The first-order valence-corrected chi connectivity index (χ1v) is 14.4. The monoisotopic (exact) mass is 580 g/mol. The molecule has 2 N–H and O–H groups in total. The van der Waals surface area contributed by atoms with E-state index in [-0.39, 0.29) is 9.77 Å². The fourth-order valence-corrected chi connectivity index (χ4v) is 6.03. The SMILES string of the molecule is Cc1ccc(S(=O)(=O)NC(=O)Nc2cccc(Cl)c2)s1.Cn1cnc2cc(Cc3ccccc3)ccc2c1=O. The second-order valence-electron chi connectivity index (χ2n) is 8.61. The van der Waals surface area contributed by atoms with Crippen LogP contribution in [-0.4, -0.2) is 24.0 Å². The zero-order valence-electron chi connectivity index (χ0n) is 21.1. The molecule has 0 bridgehead atoms. The standard InChI is InChI=1S/C16H14N2O.C12H11ClN2O3S2/c1-18-11-17-15-10-13(7-8-14(15)16(18)19)9-12-5-3-2-4-6-12;1-8-5-6-11(19-8)20(17,18)15-12(16)14-10-4-2-3-9(13)7-10/h2-8,10-11H,9H2,1H3;2-7H,1H3,(H2,14,15,16). The Morgan fingerprint density at radius 3 is 2.44 bits per heavy atom. The lowest BCUT2D eigenvalue weighted by Gasteiger charge is -2.07. The van der Waals surface area contributed by atoms with Crippen LogP contribution >= 0.6 is 22.9 Å². The van der Waals surface area contributed by atoms with Crippen LogP contribution < -0.4 is 15.6 Å². The van der Waals surface area contributed by atoms with Crippen LogP contribution in [0.15, 0.2) is 100 Å². The van der Waals surface area contributed by atoms with Crippen molar-refractivity contribution in [3.8, 4) is 0 Å². The average Bonchev–Trinajstić information content (AvgIpc) is 3.34. The topological polar surface area (TPSA) is 110 Å². The van der Waals surface area contributed by atoms with E-state index in [1.165, 1.54) is 27.8 Å². The Morgan fingerprint density at radius 2 is 1.74 bits per heavy atom. The molecular formula is C28H25ClN4O4S2. The zero-order chi connectivity index (χ0) is 28.0. The molecule has 0 saturated heterocycles. The summed E-state index contributed by atoms with van der Waals surface area (Å²) in [6.45, 7) is 1.79. The number of carbonyl (C=O) groups is 1. The summed E-state index contributed by atoms with van der Waals surface area (Å²) in [6, 6.07) is 24.8. The van der Waals surface area contributed by atoms with Gasteiger partial charge in [-0.15, -0.1) is 11.3 Å². The second kappa shape index (κ2) is 12.2. The van der Waals surface area contributed by atoms with Crippen LogP contribution in [0, 0.1) is 6.92 Å². The number of aryl methyl sites for hydroxylation is 2. The smallest absolute Gasteiger partial charge is 0.307 e. The van der Waals surface area contributed by atoms with Gasteiger partial charge < -0.3 is 9.88 Å². The van der Waals surface area contributed by atoms with Crippen LogP contribution in [0.4, 0.5) is 10.5 Å². The number of hydrogen-bond donors (Lipinski definition) is 2. The summed E-state index contributed by atoms with van der Waals surface area (Å²) in [5.41, 5.74) is 3.59. The highest BCUT2D eigenvalue weighted by Crippen LogP contribution is 2.21. The Hall–Kier alpha value is -3.99. The van der Waals surface area contributed by atoms with Gasteiger partial charge in [-0.05, 0) is 66.9 Å². The van der Waals surface area contributed by atoms with Gasteiger partial charge in [0.05, 0.1) is 17.2 Å². The quantitative estimate of drug-likeness (QED) is 0.275. The molecule has 0 saturated carbocycles. The van der Waals surface area contributed by atoms with Crippen molar-refractivity contribution in [3.63, 3.8) is 0 Å². The summed E-state index contributed by atoms with van der Waals surface area (Å²) in [6.07, 6.45) is 2.42. The van der Waals surface area contributed by atoms with Crippen molar-refractivity contribution in [2.75, 3.05) is 5.32 Å². The number of benzene rings is 3. The normalized spacial score (nSPS) is 10.9. The molecule has 0 unspecified atom stereocenters. The maximum Gasteiger partial charge on any atom is 0.333 e. The highest BCUT2D eigenvalue weighted by Gasteiger charge is 2.19. The Morgan fingerprint density at radius 1 is 0.974 bits per heavy atom. The largest absolute Gasteiger partial charge is 0.333 e. The number of rotatable bonds is 5. The lowest BCUT2D eigenvalue weighted by atomic mass is 10.0. The summed E-state index contributed by atoms with van der Waals surface area (Å²) in [7, 11) is -2.13. The van der Waals surface area contributed by atoms with Crippen molar-refractivity contribution in [1.29, 1.82) is 0 Å². The predicted molar refractivity (Wildman–Crippen MR) is 156 cm³/mol. The number of hydrogen-bond acceptors (Lipinski definition) is 6. The number of amides is 2. The molecule has 0 fully saturated rings. The van der Waals surface area contributed by atoms with Gasteiger partial charge in [0, 0.05) is 22.6 Å². The van der Waals surface area contributed by atoms with Crippen molar-refractivity contribution in [2.45, 2.75) is 17.6 Å². The van der Waals surface area contributed by atoms with Gasteiger partial charge in [-0.1, -0.05) is 54.1 Å². The number of nitrogens with zero attached hydrogens (tertiary/aromatic N) is 2. The third kappa shape index (κ3) is 7.53. The fraction of sp³-hybridized carbons (Fsp3) is 0.107. The minimum Gasteiger partial charge on any atom is -0.307 e. The van der Waals surface area contributed by atoms with Crippen LogP contribution in [0.25, 0.3) is 10.9 Å². The Balaban J connectivity index is 0.000000181. The molecule has 0 spiro atoms. The van der Waals surface area contributed by atoms with Gasteiger partial charge in [-0.25, -0.2) is 22.9 Å². The van der Waals surface area contributed by atoms with E-state index < -0.39 is 16.1 Å². The lowest BCUT2D eigenvalue weighted by Crippen LogP contribution is -2.33. The number of carbonyl (C=O) groups excluding carboxylic acids is 1. The highest BCUT2D eigenvalue weighted by atomic mass is 35.5. The maximum absolute atomic E-state index is 11.9. The first-order valence-electron chi connectivity index (χ1n) is 11.7. The molecule has 2 amide bonds. The summed E-state index contributed by atoms with van der Waals surface area (Å²) >= 11 is 6.87. The van der Waals surface area contributed by atoms with Crippen LogP contribution in [0.2, 0.25) is 5.02 Å². The molecule has 0 aliphatic carbocycles. The van der Waals surface area contributed by atoms with Crippen molar-refractivity contribution >= 4 is 55.6 Å². The number of thiophene rings is 1. The van der Waals surface area contributed by atoms with E-state index in [4.69, 9.17) is 11.6 Å². The molecule has 8 nitrogen and oxygen atoms in total. The van der Waals surface area contributed by atoms with Gasteiger partial charge in [-0.2, -0.15) is 0 Å². The Bertz CT molecular complexity index is 1780. The molecule has 0 aliphatic rings. The Labute approximate surface area is 235 Å². The van der Waals surface area contributed by atoms with E-state index in [2.05, 4.69) is 22.4 Å². The molecule has 0 radical (unpaired) electrons. The van der Waals surface area contributed by atoms with Gasteiger partial charge in [0.1, 0.15) is 4.21 Å². The Kier molecular flexibility index (Phi) is 8.80. The molecule has 5 aromatic rings. The summed E-state index contributed by atoms with van der Waals surface area (Å²) in [4.78, 5) is 28.8. The number of aromatic nitrogens is 2. The third-order valence-electron chi connectivity index (χ3n) is 5.52. The zero-order valence-corrected chi connectivity index (χ0v) is 23.5. The van der Waals surface area contributed by atoms with Gasteiger partial charge in [0.2, 0.25) is 0 Å². The van der Waals surface area contributed by atoms with Gasteiger partial charge in [0.25, 0.3) is 15.6 Å². The van der Waals surface area contributed by atoms with Crippen LogP contribution in [0.1, 0.15) is 16.0 Å². The highest BCUT2D eigenvalue weighted by molar-refractivity contribution is 7.92. The molecule has 2 aromatic heterocycles. The second-order valence-corrected chi connectivity index (χ2v) is 12.2. The molecule has 200 valence electrons. The number of fused-ring (bicyclic) bond motifs is 1. The van der Waals surface area contributed by atoms with E-state index in [0.29, 0.717) is 16.1 Å². The molecule has 0 aliphatic heterocycles. The number of anilines is 1. The van der Waals surface area contributed by atoms with E-state index in [1.54, 1.807) is 44.6 Å². The van der Waals surface area contributed by atoms with Crippen LogP contribution in [-0.2, 0) is 23.5 Å². The summed E-state index contributed by atoms with van der Waals surface area (Å²) < 4.78 is 27.4. The van der Waals surface area contributed by atoms with Crippen molar-refractivity contribution in [1.82, 2.24) is 14.3 Å². The van der Waals surface area contributed by atoms with Crippen LogP contribution in [0.3, 0.4) is 0 Å². The maximum atomic E-state index is 11.9. The van der Waals surface area contributed by atoms with E-state index in [9.17, 15) is 18.0 Å². The van der Waals surface area contributed by atoms with Crippen LogP contribution in [0.5, 0.6) is 0 Å². The predicted octanol–water partition coefficient (Wildman–Crippen LogP) is 5.74. The molecule has 2 heterocycles. The summed E-state index contributed by atoms with van der Waals surface area (Å²) in [5.74, 6) is 0. The number of sulfonamides is 1. The first kappa shape index (κ1) is 28.0. The van der Waals surface area contributed by atoms with Gasteiger partial charge in [-0.3, -0.25) is 4.79 Å². The van der Waals surface area contributed by atoms with Gasteiger partial charge >= 0.3 is 6.03 Å².